The molecule has 0 saturated heterocycles. The van der Waals surface area contributed by atoms with E-state index in [0.717, 1.165) is 25.0 Å². The molecule has 0 heterocycles. The molecular formula is C18H20O6S. The monoisotopic (exact) mass is 364 g/mol. The molecule has 0 aliphatic heterocycles. The molecule has 7 heteroatoms. The normalized spacial score (nSPS) is 11.4. The third kappa shape index (κ3) is 5.30. The van der Waals surface area contributed by atoms with Crippen molar-refractivity contribution in [1.29, 1.82) is 0 Å². The molecule has 0 amide bonds. The lowest BCUT2D eigenvalue weighted by Gasteiger charge is -2.13. The number of ether oxygens (including phenoxy) is 2. The summed E-state index contributed by atoms with van der Waals surface area (Å²) in [6, 6.07) is 12.0. The second-order valence-corrected chi connectivity index (χ2v) is 6.90. The second kappa shape index (κ2) is 8.13. The minimum absolute atomic E-state index is 0.103. The third-order valence-electron chi connectivity index (χ3n) is 3.86. The Hall–Kier alpha value is -2.38. The molecule has 6 nitrogen and oxygen atoms in total. The van der Waals surface area contributed by atoms with Crippen LogP contribution in [0.1, 0.15) is 38.2 Å². The summed E-state index contributed by atoms with van der Waals surface area (Å²) < 4.78 is 40.8. The number of hydrogen-bond acceptors (Lipinski definition) is 5. The molecule has 1 N–H and O–H groups in total. The standard InChI is InChI=1S/C18H20O6S/c1-3-13(4-2)14-5-7-15(8-6-14)23-18(19)24-16-9-11-17(12-10-16)25(20,21)22/h5-13H,3-4H2,1-2H3,(H,20,21,22). The van der Waals surface area contributed by atoms with Gasteiger partial charge < -0.3 is 9.47 Å². The van der Waals surface area contributed by atoms with Crippen molar-refractivity contribution < 1.29 is 27.2 Å². The Morgan fingerprint density at radius 1 is 0.920 bits per heavy atom. The molecule has 0 aromatic heterocycles. The zero-order chi connectivity index (χ0) is 18.4. The summed E-state index contributed by atoms with van der Waals surface area (Å²) in [6.07, 6.45) is 1.14. The van der Waals surface area contributed by atoms with Gasteiger partial charge in [-0.25, -0.2) is 4.79 Å². The van der Waals surface area contributed by atoms with Gasteiger partial charge in [-0.15, -0.1) is 0 Å². The van der Waals surface area contributed by atoms with E-state index in [2.05, 4.69) is 13.8 Å². The highest BCUT2D eigenvalue weighted by molar-refractivity contribution is 7.85. The Labute approximate surface area is 147 Å². The number of hydrogen-bond donors (Lipinski definition) is 1. The number of carbonyl (C=O) groups is 1. The second-order valence-electron chi connectivity index (χ2n) is 5.48. The smallest absolute Gasteiger partial charge is 0.395 e. The molecule has 2 aromatic carbocycles. The fourth-order valence-electron chi connectivity index (χ4n) is 2.46. The summed E-state index contributed by atoms with van der Waals surface area (Å²) in [5, 5.41) is 0. The maximum Gasteiger partial charge on any atom is 0.519 e. The van der Waals surface area contributed by atoms with Gasteiger partial charge in [0.25, 0.3) is 10.1 Å². The van der Waals surface area contributed by atoms with Gasteiger partial charge in [0.2, 0.25) is 0 Å². The Morgan fingerprint density at radius 2 is 1.36 bits per heavy atom. The summed E-state index contributed by atoms with van der Waals surface area (Å²) in [5.41, 5.74) is 1.19. The highest BCUT2D eigenvalue weighted by atomic mass is 32.2. The first-order chi connectivity index (χ1) is 11.8. The van der Waals surface area contributed by atoms with Crippen LogP contribution in [0.5, 0.6) is 11.5 Å². The molecule has 2 rings (SSSR count). The lowest BCUT2D eigenvalue weighted by atomic mass is 9.94. The summed E-state index contributed by atoms with van der Waals surface area (Å²) in [4.78, 5) is 11.5. The minimum atomic E-state index is -4.28. The van der Waals surface area contributed by atoms with Crippen LogP contribution in [0.4, 0.5) is 4.79 Å². The van der Waals surface area contributed by atoms with Crippen molar-refractivity contribution in [3.8, 4) is 11.5 Å². The first-order valence-corrected chi connectivity index (χ1v) is 9.34. The average molecular weight is 364 g/mol. The van der Waals surface area contributed by atoms with Crippen molar-refractivity contribution in [3.63, 3.8) is 0 Å². The Balaban J connectivity index is 1.98. The fraction of sp³-hybridized carbons (Fsp3) is 0.278. The summed E-state index contributed by atoms with van der Waals surface area (Å²) >= 11 is 0. The zero-order valence-corrected chi connectivity index (χ0v) is 14.8. The van der Waals surface area contributed by atoms with Gasteiger partial charge in [-0.3, -0.25) is 4.55 Å². The van der Waals surface area contributed by atoms with E-state index in [1.165, 1.54) is 17.7 Å². The van der Waals surface area contributed by atoms with E-state index in [4.69, 9.17) is 14.0 Å². The van der Waals surface area contributed by atoms with Crippen LogP contribution in [0, 0.1) is 0 Å². The molecule has 0 saturated carbocycles. The average Bonchev–Trinajstić information content (AvgIpc) is 2.57. The van der Waals surface area contributed by atoms with E-state index in [0.29, 0.717) is 11.7 Å². The van der Waals surface area contributed by atoms with Gasteiger partial charge in [0.1, 0.15) is 11.5 Å². The molecule has 0 radical (unpaired) electrons. The highest BCUT2D eigenvalue weighted by Gasteiger charge is 2.12. The predicted molar refractivity (Wildman–Crippen MR) is 92.7 cm³/mol. The highest BCUT2D eigenvalue weighted by Crippen LogP contribution is 2.25. The number of benzene rings is 2. The summed E-state index contributed by atoms with van der Waals surface area (Å²) in [7, 11) is -4.28. The van der Waals surface area contributed by atoms with Crippen LogP contribution in [0.3, 0.4) is 0 Å². The molecule has 0 atom stereocenters. The summed E-state index contributed by atoms with van der Waals surface area (Å²) in [5.74, 6) is 0.933. The molecule has 0 bridgehead atoms. The molecule has 0 fully saturated rings. The molecular weight excluding hydrogens is 344 g/mol. The van der Waals surface area contributed by atoms with E-state index in [1.807, 2.05) is 12.1 Å². The summed E-state index contributed by atoms with van der Waals surface area (Å²) in [6.45, 7) is 4.26. The molecule has 0 unspecified atom stereocenters. The maximum atomic E-state index is 11.8. The van der Waals surface area contributed by atoms with Crippen LogP contribution in [0.2, 0.25) is 0 Å². The maximum absolute atomic E-state index is 11.8. The number of rotatable bonds is 6. The van der Waals surface area contributed by atoms with E-state index in [-0.39, 0.29) is 10.6 Å². The largest absolute Gasteiger partial charge is 0.519 e. The predicted octanol–water partition coefficient (Wildman–Crippen LogP) is 4.41. The minimum Gasteiger partial charge on any atom is -0.395 e. The first kappa shape index (κ1) is 19.0. The topological polar surface area (TPSA) is 89.9 Å². The molecule has 2 aromatic rings. The molecule has 134 valence electrons. The van der Waals surface area contributed by atoms with Gasteiger partial charge in [0.15, 0.2) is 0 Å². The van der Waals surface area contributed by atoms with Crippen molar-refractivity contribution in [1.82, 2.24) is 0 Å². The quantitative estimate of drug-likeness (QED) is 0.464. The van der Waals surface area contributed by atoms with Gasteiger partial charge in [-0.1, -0.05) is 26.0 Å². The van der Waals surface area contributed by atoms with E-state index in [9.17, 15) is 13.2 Å². The molecule has 25 heavy (non-hydrogen) atoms. The van der Waals surface area contributed by atoms with Crippen LogP contribution < -0.4 is 9.47 Å². The van der Waals surface area contributed by atoms with E-state index >= 15 is 0 Å². The van der Waals surface area contributed by atoms with Gasteiger partial charge in [0.05, 0.1) is 4.90 Å². The Bertz CT molecular complexity index is 806. The van der Waals surface area contributed by atoms with Crippen molar-refractivity contribution >= 4 is 16.3 Å². The fourth-order valence-corrected chi connectivity index (χ4v) is 2.94. The van der Waals surface area contributed by atoms with Gasteiger partial charge in [0, 0.05) is 0 Å². The zero-order valence-electron chi connectivity index (χ0n) is 14.0. The van der Waals surface area contributed by atoms with Crippen LogP contribution in [0.15, 0.2) is 53.4 Å². The molecule has 0 aliphatic carbocycles. The lowest BCUT2D eigenvalue weighted by molar-refractivity contribution is 0.152. The van der Waals surface area contributed by atoms with Gasteiger partial charge in [-0.2, -0.15) is 8.42 Å². The van der Waals surface area contributed by atoms with E-state index in [1.54, 1.807) is 12.1 Å². The third-order valence-corrected chi connectivity index (χ3v) is 4.73. The van der Waals surface area contributed by atoms with Crippen molar-refractivity contribution in [2.24, 2.45) is 0 Å². The Morgan fingerprint density at radius 3 is 1.76 bits per heavy atom. The van der Waals surface area contributed by atoms with Crippen molar-refractivity contribution in [3.05, 3.63) is 54.1 Å². The van der Waals surface area contributed by atoms with Gasteiger partial charge in [-0.05, 0) is 60.7 Å². The SMILES string of the molecule is CCC(CC)c1ccc(OC(=O)Oc2ccc(S(=O)(=O)O)cc2)cc1. The lowest BCUT2D eigenvalue weighted by Crippen LogP contribution is -2.13. The molecule has 0 aliphatic rings. The van der Waals surface area contributed by atoms with Crippen molar-refractivity contribution in [2.45, 2.75) is 37.5 Å². The van der Waals surface area contributed by atoms with Crippen LogP contribution in [0.25, 0.3) is 0 Å². The van der Waals surface area contributed by atoms with Crippen molar-refractivity contribution in [2.75, 3.05) is 0 Å². The Kier molecular flexibility index (Phi) is 6.17. The van der Waals surface area contributed by atoms with Crippen LogP contribution in [-0.2, 0) is 10.1 Å². The van der Waals surface area contributed by atoms with Crippen LogP contribution in [-0.4, -0.2) is 19.1 Å². The molecule has 0 spiro atoms. The van der Waals surface area contributed by atoms with Gasteiger partial charge >= 0.3 is 6.16 Å². The van der Waals surface area contributed by atoms with Crippen LogP contribution >= 0.6 is 0 Å². The first-order valence-electron chi connectivity index (χ1n) is 7.90. The van der Waals surface area contributed by atoms with E-state index < -0.39 is 16.3 Å². The number of carbonyl (C=O) groups excluding carboxylic acids is 1.